The maximum Gasteiger partial charge on any atom is 0.416 e. The van der Waals surface area contributed by atoms with E-state index in [1.54, 1.807) is 0 Å². The second kappa shape index (κ2) is 6.34. The topological polar surface area (TPSA) is 58.4 Å². The van der Waals surface area contributed by atoms with Crippen molar-refractivity contribution in [2.24, 2.45) is 5.73 Å². The van der Waals surface area contributed by atoms with Gasteiger partial charge in [-0.1, -0.05) is 0 Å². The molecule has 0 unspecified atom stereocenters. The first-order valence-corrected chi connectivity index (χ1v) is 6.82. The molecule has 1 aromatic rings. The fraction of sp³-hybridized carbons (Fsp3) is 0.500. The van der Waals surface area contributed by atoms with Gasteiger partial charge in [0.15, 0.2) is 0 Å². The summed E-state index contributed by atoms with van der Waals surface area (Å²) in [5.41, 5.74) is 5.34. The molecule has 3 N–H and O–H groups in total. The Kier molecular flexibility index (Phi) is 4.72. The summed E-state index contributed by atoms with van der Waals surface area (Å²) >= 11 is 0. The molecule has 1 fully saturated rings. The van der Waals surface area contributed by atoms with E-state index >= 15 is 0 Å². The molecule has 0 radical (unpaired) electrons. The van der Waals surface area contributed by atoms with Crippen molar-refractivity contribution in [1.82, 2.24) is 5.32 Å². The van der Waals surface area contributed by atoms with E-state index in [2.05, 4.69) is 5.32 Å². The van der Waals surface area contributed by atoms with Gasteiger partial charge in [-0.05, 0) is 37.1 Å². The van der Waals surface area contributed by atoms with Crippen molar-refractivity contribution in [1.29, 1.82) is 0 Å². The number of carbonyl (C=O) groups excluding carboxylic acids is 1. The zero-order valence-electron chi connectivity index (χ0n) is 11.5. The summed E-state index contributed by atoms with van der Waals surface area (Å²) in [5, 5.41) is 2.82. The summed E-state index contributed by atoms with van der Waals surface area (Å²) in [7, 11) is 0. The van der Waals surface area contributed by atoms with Crippen LogP contribution in [-0.2, 0) is 11.0 Å². The fourth-order valence-corrected chi connectivity index (χ4v) is 2.48. The highest BCUT2D eigenvalue weighted by Crippen LogP contribution is 2.31. The quantitative estimate of drug-likeness (QED) is 0.894. The molecule has 1 heterocycles. The van der Waals surface area contributed by atoms with Crippen LogP contribution in [0.25, 0.3) is 0 Å². The van der Waals surface area contributed by atoms with Gasteiger partial charge in [0.25, 0.3) is 0 Å². The molecule has 0 aliphatic carbocycles. The summed E-state index contributed by atoms with van der Waals surface area (Å²) in [5.74, 6) is -0.214. The number of nitrogens with one attached hydrogen (secondary N) is 1. The maximum absolute atomic E-state index is 12.5. The van der Waals surface area contributed by atoms with Crippen LogP contribution in [0.3, 0.4) is 0 Å². The van der Waals surface area contributed by atoms with E-state index in [4.69, 9.17) is 5.73 Å². The van der Waals surface area contributed by atoms with E-state index in [0.717, 1.165) is 37.2 Å². The summed E-state index contributed by atoms with van der Waals surface area (Å²) in [6.07, 6.45) is -2.60. The molecule has 1 aliphatic rings. The first kappa shape index (κ1) is 15.6. The molecule has 0 aromatic heterocycles. The van der Waals surface area contributed by atoms with Crippen molar-refractivity contribution in [3.05, 3.63) is 29.8 Å². The van der Waals surface area contributed by atoms with Gasteiger partial charge in [-0.3, -0.25) is 4.79 Å². The van der Waals surface area contributed by atoms with Crippen LogP contribution in [0, 0.1) is 0 Å². The van der Waals surface area contributed by atoms with Crippen molar-refractivity contribution in [3.63, 3.8) is 0 Å². The number of amides is 1. The standard InChI is InChI=1S/C14H18F3N3O/c15-14(16,17)10-3-5-12(6-4-10)20-7-1-2-11(9-20)19-13(21)8-18/h3-6,11H,1-2,7-9,18H2,(H,19,21)/t11-/m1/s1. The Bertz CT molecular complexity index is 487. The lowest BCUT2D eigenvalue weighted by Gasteiger charge is -2.34. The second-order valence-corrected chi connectivity index (χ2v) is 5.10. The third-order valence-corrected chi connectivity index (χ3v) is 3.53. The van der Waals surface area contributed by atoms with Gasteiger partial charge in [0.2, 0.25) is 5.91 Å². The predicted octanol–water partition coefficient (Wildman–Crippen LogP) is 1.75. The number of alkyl halides is 3. The number of anilines is 1. The highest BCUT2D eigenvalue weighted by Gasteiger charge is 2.30. The molecule has 7 heteroatoms. The van der Waals surface area contributed by atoms with E-state index in [-0.39, 0.29) is 18.5 Å². The first-order chi connectivity index (χ1) is 9.90. The van der Waals surface area contributed by atoms with Crippen LogP contribution in [0.4, 0.5) is 18.9 Å². The van der Waals surface area contributed by atoms with Crippen molar-refractivity contribution in [2.75, 3.05) is 24.5 Å². The number of nitrogens with two attached hydrogens (primary N) is 1. The second-order valence-electron chi connectivity index (χ2n) is 5.10. The summed E-state index contributed by atoms with van der Waals surface area (Å²) < 4.78 is 37.6. The fourth-order valence-electron chi connectivity index (χ4n) is 2.48. The van der Waals surface area contributed by atoms with Gasteiger partial charge >= 0.3 is 6.18 Å². The average molecular weight is 301 g/mol. The molecule has 1 atom stereocenters. The van der Waals surface area contributed by atoms with E-state index in [1.165, 1.54) is 12.1 Å². The highest BCUT2D eigenvalue weighted by atomic mass is 19.4. The average Bonchev–Trinajstić information content (AvgIpc) is 2.46. The number of hydrogen-bond acceptors (Lipinski definition) is 3. The van der Waals surface area contributed by atoms with Crippen LogP contribution in [0.1, 0.15) is 18.4 Å². The van der Waals surface area contributed by atoms with E-state index < -0.39 is 11.7 Å². The molecule has 1 amide bonds. The van der Waals surface area contributed by atoms with Gasteiger partial charge in [0.05, 0.1) is 12.1 Å². The molecule has 1 aromatic carbocycles. The summed E-state index contributed by atoms with van der Waals surface area (Å²) in [4.78, 5) is 13.3. The minimum atomic E-state index is -4.32. The van der Waals surface area contributed by atoms with Crippen molar-refractivity contribution in [3.8, 4) is 0 Å². The normalized spacial score (nSPS) is 19.4. The molecular formula is C14H18F3N3O. The van der Waals surface area contributed by atoms with Crippen molar-refractivity contribution >= 4 is 11.6 Å². The number of carbonyl (C=O) groups is 1. The van der Waals surface area contributed by atoms with E-state index in [9.17, 15) is 18.0 Å². The lowest BCUT2D eigenvalue weighted by molar-refractivity contribution is -0.137. The Hall–Kier alpha value is -1.76. The van der Waals surface area contributed by atoms with Crippen molar-refractivity contribution < 1.29 is 18.0 Å². The molecule has 0 spiro atoms. The Morgan fingerprint density at radius 3 is 2.57 bits per heavy atom. The SMILES string of the molecule is NCC(=O)N[C@@H]1CCCN(c2ccc(C(F)(F)F)cc2)C1. The summed E-state index contributed by atoms with van der Waals surface area (Å²) in [6.45, 7) is 1.29. The number of piperidine rings is 1. The van der Waals surface area contributed by atoms with Crippen LogP contribution in [0.2, 0.25) is 0 Å². The molecule has 4 nitrogen and oxygen atoms in total. The molecule has 116 valence electrons. The van der Waals surface area contributed by atoms with Crippen LogP contribution in [-0.4, -0.2) is 31.6 Å². The van der Waals surface area contributed by atoms with Gasteiger partial charge < -0.3 is 16.0 Å². The van der Waals surface area contributed by atoms with Crippen LogP contribution < -0.4 is 16.0 Å². The first-order valence-electron chi connectivity index (χ1n) is 6.82. The zero-order valence-corrected chi connectivity index (χ0v) is 11.5. The van der Waals surface area contributed by atoms with Crippen LogP contribution >= 0.6 is 0 Å². The zero-order chi connectivity index (χ0) is 15.5. The minimum absolute atomic E-state index is 0.0166. The third kappa shape index (κ3) is 4.10. The smallest absolute Gasteiger partial charge is 0.369 e. The number of nitrogens with zero attached hydrogens (tertiary/aromatic N) is 1. The molecule has 21 heavy (non-hydrogen) atoms. The van der Waals surface area contributed by atoms with Crippen LogP contribution in [0.5, 0.6) is 0 Å². The number of benzene rings is 1. The Morgan fingerprint density at radius 1 is 1.33 bits per heavy atom. The number of halogens is 3. The Balaban J connectivity index is 2.02. The van der Waals surface area contributed by atoms with Crippen LogP contribution in [0.15, 0.2) is 24.3 Å². The minimum Gasteiger partial charge on any atom is -0.369 e. The predicted molar refractivity (Wildman–Crippen MR) is 73.9 cm³/mol. The molecule has 1 saturated heterocycles. The maximum atomic E-state index is 12.5. The monoisotopic (exact) mass is 301 g/mol. The van der Waals surface area contributed by atoms with Gasteiger partial charge in [-0.2, -0.15) is 13.2 Å². The molecule has 2 rings (SSSR count). The highest BCUT2D eigenvalue weighted by molar-refractivity contribution is 5.78. The number of hydrogen-bond donors (Lipinski definition) is 2. The van der Waals surface area contributed by atoms with Gasteiger partial charge in [0.1, 0.15) is 0 Å². The lowest BCUT2D eigenvalue weighted by atomic mass is 10.0. The molecular weight excluding hydrogens is 283 g/mol. The Labute approximate surface area is 121 Å². The molecule has 0 saturated carbocycles. The lowest BCUT2D eigenvalue weighted by Crippen LogP contribution is -2.49. The number of rotatable bonds is 3. The molecule has 0 bridgehead atoms. The van der Waals surface area contributed by atoms with Gasteiger partial charge in [-0.25, -0.2) is 0 Å². The van der Waals surface area contributed by atoms with E-state index in [1.807, 2.05) is 4.90 Å². The van der Waals surface area contributed by atoms with Gasteiger partial charge in [-0.15, -0.1) is 0 Å². The molecule has 1 aliphatic heterocycles. The summed E-state index contributed by atoms with van der Waals surface area (Å²) in [6, 6.07) is 5.08. The Morgan fingerprint density at radius 2 is 2.00 bits per heavy atom. The third-order valence-electron chi connectivity index (χ3n) is 3.53. The van der Waals surface area contributed by atoms with Gasteiger partial charge in [0, 0.05) is 24.8 Å². The largest absolute Gasteiger partial charge is 0.416 e. The van der Waals surface area contributed by atoms with Crippen molar-refractivity contribution in [2.45, 2.75) is 25.1 Å². The van der Waals surface area contributed by atoms with E-state index in [0.29, 0.717) is 6.54 Å².